The predicted molar refractivity (Wildman–Crippen MR) is 109 cm³/mol. The third-order valence-corrected chi connectivity index (χ3v) is 5.50. The molecule has 0 aliphatic heterocycles. The number of hydrogen-bond acceptors (Lipinski definition) is 4. The fraction of sp³-hybridized carbons (Fsp3) is 0.304. The van der Waals surface area contributed by atoms with E-state index in [1.165, 1.54) is 0 Å². The van der Waals surface area contributed by atoms with Crippen molar-refractivity contribution in [2.24, 2.45) is 0 Å². The van der Waals surface area contributed by atoms with Crippen LogP contribution in [0.25, 0.3) is 22.3 Å². The second-order valence-corrected chi connectivity index (χ2v) is 7.22. The lowest BCUT2D eigenvalue weighted by Gasteiger charge is -2.20. The van der Waals surface area contributed by atoms with Crippen molar-refractivity contribution in [2.75, 3.05) is 7.11 Å². The number of fused-ring (bicyclic) bond motifs is 1. The van der Waals surface area contributed by atoms with Gasteiger partial charge in [0.2, 0.25) is 0 Å². The molecule has 0 saturated heterocycles. The molecule has 1 amide bonds. The maximum atomic E-state index is 13.0. The monoisotopic (exact) mass is 377 g/mol. The van der Waals surface area contributed by atoms with Crippen LogP contribution in [-0.4, -0.2) is 25.2 Å². The van der Waals surface area contributed by atoms with E-state index in [1.807, 2.05) is 30.3 Å². The highest BCUT2D eigenvalue weighted by molar-refractivity contribution is 6.05. The van der Waals surface area contributed by atoms with Gasteiger partial charge in [-0.2, -0.15) is 0 Å². The Labute approximate surface area is 163 Å². The molecular formula is C23H23NO4. The van der Waals surface area contributed by atoms with Crippen molar-refractivity contribution in [1.29, 1.82) is 0 Å². The van der Waals surface area contributed by atoms with Crippen molar-refractivity contribution in [1.82, 2.24) is 5.32 Å². The number of para-hydroxylation sites is 1. The number of amides is 1. The Hall–Kier alpha value is -2.92. The highest BCUT2D eigenvalue weighted by atomic mass is 16.5. The average molecular weight is 377 g/mol. The number of rotatable bonds is 4. The number of carbonyl (C=O) groups is 1. The molecule has 5 nitrogen and oxygen atoms in total. The fourth-order valence-electron chi connectivity index (χ4n) is 3.97. The van der Waals surface area contributed by atoms with Crippen LogP contribution < -0.4 is 10.7 Å². The van der Waals surface area contributed by atoms with Crippen LogP contribution in [0.5, 0.6) is 0 Å². The zero-order valence-corrected chi connectivity index (χ0v) is 16.0. The summed E-state index contributed by atoms with van der Waals surface area (Å²) in [7, 11) is 1.67. The SMILES string of the molecule is CO[C@@H]1CCC[C@H]1NC(=O)c1cccc2c(=O)c(C)c(-c3ccccc3)oc12. The Balaban J connectivity index is 1.80. The molecule has 1 N–H and O–H groups in total. The van der Waals surface area contributed by atoms with Gasteiger partial charge in [0.05, 0.1) is 23.1 Å². The van der Waals surface area contributed by atoms with E-state index < -0.39 is 0 Å². The first kappa shape index (κ1) is 18.4. The number of methoxy groups -OCH3 is 1. The number of ether oxygens (including phenoxy) is 1. The zero-order valence-electron chi connectivity index (χ0n) is 16.0. The van der Waals surface area contributed by atoms with Crippen LogP contribution in [0.2, 0.25) is 0 Å². The number of hydrogen-bond donors (Lipinski definition) is 1. The van der Waals surface area contributed by atoms with E-state index in [2.05, 4.69) is 5.32 Å². The minimum Gasteiger partial charge on any atom is -0.455 e. The van der Waals surface area contributed by atoms with Gasteiger partial charge in [0.25, 0.3) is 5.91 Å². The van der Waals surface area contributed by atoms with Gasteiger partial charge in [-0.25, -0.2) is 0 Å². The molecule has 0 bridgehead atoms. The number of nitrogens with one attached hydrogen (secondary N) is 1. The standard InChI is InChI=1S/C23H23NO4/c1-14-20(25)16-10-6-11-17(23(26)24-18-12-7-13-19(18)27-2)22(16)28-21(14)15-8-4-3-5-9-15/h3-6,8-11,18-19H,7,12-13H2,1-2H3,(H,24,26)/t18-,19-/m1/s1. The van der Waals surface area contributed by atoms with Gasteiger partial charge >= 0.3 is 0 Å². The van der Waals surface area contributed by atoms with Gasteiger partial charge in [-0.3, -0.25) is 9.59 Å². The Morgan fingerprint density at radius 3 is 2.64 bits per heavy atom. The second kappa shape index (κ2) is 7.60. The maximum Gasteiger partial charge on any atom is 0.255 e. The van der Waals surface area contributed by atoms with Gasteiger partial charge in [-0.15, -0.1) is 0 Å². The summed E-state index contributed by atoms with van der Waals surface area (Å²) >= 11 is 0. The van der Waals surface area contributed by atoms with Crippen molar-refractivity contribution < 1.29 is 13.9 Å². The lowest BCUT2D eigenvalue weighted by atomic mass is 10.0. The number of carbonyl (C=O) groups excluding carboxylic acids is 1. The predicted octanol–water partition coefficient (Wildman–Crippen LogP) is 4.07. The van der Waals surface area contributed by atoms with Gasteiger partial charge in [0.1, 0.15) is 5.76 Å². The quantitative estimate of drug-likeness (QED) is 0.744. The van der Waals surface area contributed by atoms with Crippen molar-refractivity contribution in [3.05, 3.63) is 69.9 Å². The molecule has 28 heavy (non-hydrogen) atoms. The lowest BCUT2D eigenvalue weighted by Crippen LogP contribution is -2.40. The Morgan fingerprint density at radius 1 is 1.11 bits per heavy atom. The molecule has 1 saturated carbocycles. The van der Waals surface area contributed by atoms with E-state index in [-0.39, 0.29) is 23.5 Å². The van der Waals surface area contributed by atoms with E-state index in [0.717, 1.165) is 24.8 Å². The molecule has 1 aromatic heterocycles. The van der Waals surface area contributed by atoms with E-state index in [9.17, 15) is 9.59 Å². The Kier molecular flexibility index (Phi) is 5.01. The molecule has 0 spiro atoms. The van der Waals surface area contributed by atoms with E-state index in [1.54, 1.807) is 32.2 Å². The van der Waals surface area contributed by atoms with Crippen molar-refractivity contribution in [2.45, 2.75) is 38.3 Å². The summed E-state index contributed by atoms with van der Waals surface area (Å²) in [5.74, 6) is 0.250. The average Bonchev–Trinajstić information content (AvgIpc) is 3.18. The molecule has 2 aromatic carbocycles. The molecule has 1 aliphatic carbocycles. The minimum absolute atomic E-state index is 0.0214. The summed E-state index contributed by atoms with van der Waals surface area (Å²) in [6.45, 7) is 1.75. The third-order valence-electron chi connectivity index (χ3n) is 5.50. The molecule has 1 heterocycles. The van der Waals surface area contributed by atoms with Crippen molar-refractivity contribution >= 4 is 16.9 Å². The van der Waals surface area contributed by atoms with Crippen LogP contribution in [0, 0.1) is 6.92 Å². The highest BCUT2D eigenvalue weighted by Crippen LogP contribution is 2.28. The Bertz CT molecular complexity index is 1070. The van der Waals surface area contributed by atoms with E-state index in [4.69, 9.17) is 9.15 Å². The van der Waals surface area contributed by atoms with Crippen LogP contribution in [0.15, 0.2) is 57.7 Å². The summed E-state index contributed by atoms with van der Waals surface area (Å²) in [6.07, 6.45) is 2.86. The molecular weight excluding hydrogens is 354 g/mol. The summed E-state index contributed by atoms with van der Waals surface area (Å²) < 4.78 is 11.6. The smallest absolute Gasteiger partial charge is 0.255 e. The minimum atomic E-state index is -0.245. The molecule has 1 fully saturated rings. The van der Waals surface area contributed by atoms with Crippen LogP contribution >= 0.6 is 0 Å². The summed E-state index contributed by atoms with van der Waals surface area (Å²) in [5, 5.41) is 3.47. The molecule has 0 unspecified atom stereocenters. The second-order valence-electron chi connectivity index (χ2n) is 7.22. The van der Waals surface area contributed by atoms with E-state index >= 15 is 0 Å². The van der Waals surface area contributed by atoms with Crippen LogP contribution in [0.1, 0.15) is 35.2 Å². The first-order valence-corrected chi connectivity index (χ1v) is 9.55. The van der Waals surface area contributed by atoms with Crippen LogP contribution in [-0.2, 0) is 4.74 Å². The number of benzene rings is 2. The van der Waals surface area contributed by atoms with Gasteiger partial charge in [0.15, 0.2) is 11.0 Å². The third kappa shape index (κ3) is 3.22. The van der Waals surface area contributed by atoms with Gasteiger partial charge in [-0.1, -0.05) is 36.4 Å². The summed E-state index contributed by atoms with van der Waals surface area (Å²) in [6, 6.07) is 14.6. The van der Waals surface area contributed by atoms with Crippen LogP contribution in [0.4, 0.5) is 0 Å². The summed E-state index contributed by atoms with van der Waals surface area (Å²) in [5.41, 5.74) is 1.91. The molecule has 1 aliphatic rings. The summed E-state index contributed by atoms with van der Waals surface area (Å²) in [4.78, 5) is 25.9. The molecule has 2 atom stereocenters. The lowest BCUT2D eigenvalue weighted by molar-refractivity contribution is 0.0722. The molecule has 4 rings (SSSR count). The van der Waals surface area contributed by atoms with Crippen molar-refractivity contribution in [3.63, 3.8) is 0 Å². The topological polar surface area (TPSA) is 68.5 Å². The normalized spacial score (nSPS) is 19.1. The first-order valence-electron chi connectivity index (χ1n) is 9.55. The van der Waals surface area contributed by atoms with Crippen LogP contribution in [0.3, 0.4) is 0 Å². The fourth-order valence-corrected chi connectivity index (χ4v) is 3.97. The van der Waals surface area contributed by atoms with Gasteiger partial charge < -0.3 is 14.5 Å². The first-order chi connectivity index (χ1) is 13.6. The molecule has 3 aromatic rings. The largest absolute Gasteiger partial charge is 0.455 e. The van der Waals surface area contributed by atoms with E-state index in [0.29, 0.717) is 27.9 Å². The maximum absolute atomic E-state index is 13.0. The van der Waals surface area contributed by atoms with Gasteiger partial charge in [-0.05, 0) is 38.3 Å². The highest BCUT2D eigenvalue weighted by Gasteiger charge is 2.29. The van der Waals surface area contributed by atoms with Crippen molar-refractivity contribution in [3.8, 4) is 11.3 Å². The molecule has 144 valence electrons. The molecule has 0 radical (unpaired) electrons. The molecule has 5 heteroatoms. The Morgan fingerprint density at radius 2 is 1.89 bits per heavy atom. The van der Waals surface area contributed by atoms with Gasteiger partial charge in [0, 0.05) is 18.2 Å². The zero-order chi connectivity index (χ0) is 19.7.